The number of rotatable bonds is 1. The molecule has 0 saturated heterocycles. The van der Waals surface area contributed by atoms with Crippen molar-refractivity contribution >= 4 is 0 Å². The lowest BCUT2D eigenvalue weighted by atomic mass is 9.96. The molecule has 1 fully saturated rings. The lowest BCUT2D eigenvalue weighted by molar-refractivity contribution is -0.131. The average molecular weight is 202 g/mol. The van der Waals surface area contributed by atoms with Crippen molar-refractivity contribution < 1.29 is 9.84 Å². The fraction of sp³-hybridized carbons (Fsp3) is 0.385. The number of hydrogen-bond acceptors (Lipinski definition) is 2. The van der Waals surface area contributed by atoms with Gasteiger partial charge < -0.3 is 9.84 Å². The molecule has 1 aliphatic carbocycles. The van der Waals surface area contributed by atoms with Crippen molar-refractivity contribution in [2.45, 2.75) is 18.6 Å². The highest BCUT2D eigenvalue weighted by Gasteiger charge is 2.59. The Labute approximate surface area is 89.2 Å². The van der Waals surface area contributed by atoms with Crippen LogP contribution in [-0.2, 0) is 4.74 Å². The van der Waals surface area contributed by atoms with Gasteiger partial charge in [-0.3, -0.25) is 0 Å². The molecule has 1 unspecified atom stereocenters. The number of ether oxygens (including phenoxy) is 1. The second kappa shape index (κ2) is 3.19. The highest BCUT2D eigenvalue weighted by molar-refractivity contribution is 5.35. The maximum absolute atomic E-state index is 9.86. The SMILES string of the molecule is OC1OCC=C[C@@]12C[C@@H]2c1ccccc1. The predicted octanol–water partition coefficient (Wildman–Crippen LogP) is 2.07. The van der Waals surface area contributed by atoms with Crippen molar-refractivity contribution in [1.29, 1.82) is 0 Å². The molecule has 2 heteroatoms. The summed E-state index contributed by atoms with van der Waals surface area (Å²) in [6.45, 7) is 0.532. The molecule has 3 rings (SSSR count). The highest BCUT2D eigenvalue weighted by atomic mass is 16.6. The molecule has 2 nitrogen and oxygen atoms in total. The predicted molar refractivity (Wildman–Crippen MR) is 57.3 cm³/mol. The van der Waals surface area contributed by atoms with Crippen LogP contribution in [0.25, 0.3) is 0 Å². The van der Waals surface area contributed by atoms with E-state index in [2.05, 4.69) is 18.2 Å². The number of hydrogen-bond donors (Lipinski definition) is 1. The Morgan fingerprint density at radius 1 is 1.27 bits per heavy atom. The zero-order valence-electron chi connectivity index (χ0n) is 8.47. The van der Waals surface area contributed by atoms with Gasteiger partial charge in [0.05, 0.1) is 6.61 Å². The molecular weight excluding hydrogens is 188 g/mol. The van der Waals surface area contributed by atoms with E-state index in [1.165, 1.54) is 5.56 Å². The smallest absolute Gasteiger partial charge is 0.164 e. The topological polar surface area (TPSA) is 29.5 Å². The Hall–Kier alpha value is -1.12. The number of benzene rings is 1. The Balaban J connectivity index is 1.89. The maximum atomic E-state index is 9.86. The van der Waals surface area contributed by atoms with Crippen molar-refractivity contribution in [2.24, 2.45) is 5.41 Å². The largest absolute Gasteiger partial charge is 0.367 e. The zero-order valence-corrected chi connectivity index (χ0v) is 8.47. The van der Waals surface area contributed by atoms with Crippen LogP contribution >= 0.6 is 0 Å². The summed E-state index contributed by atoms with van der Waals surface area (Å²) in [7, 11) is 0. The lowest BCUT2D eigenvalue weighted by Crippen LogP contribution is -2.28. The molecule has 3 atom stereocenters. The van der Waals surface area contributed by atoms with Gasteiger partial charge in [-0.2, -0.15) is 0 Å². The Morgan fingerprint density at radius 2 is 2.07 bits per heavy atom. The summed E-state index contributed by atoms with van der Waals surface area (Å²) >= 11 is 0. The summed E-state index contributed by atoms with van der Waals surface area (Å²) in [5.74, 6) is 0.422. The van der Waals surface area contributed by atoms with Gasteiger partial charge in [0.15, 0.2) is 6.29 Å². The minimum absolute atomic E-state index is 0.139. The molecule has 1 aromatic carbocycles. The molecule has 0 aromatic heterocycles. The third-order valence-corrected chi connectivity index (χ3v) is 3.49. The van der Waals surface area contributed by atoms with Gasteiger partial charge in [-0.05, 0) is 17.9 Å². The first-order valence-electron chi connectivity index (χ1n) is 5.35. The molecule has 0 amide bonds. The lowest BCUT2D eigenvalue weighted by Gasteiger charge is -2.24. The highest BCUT2D eigenvalue weighted by Crippen LogP contribution is 2.63. The van der Waals surface area contributed by atoms with Gasteiger partial charge in [0.1, 0.15) is 0 Å². The minimum atomic E-state index is -0.632. The van der Waals surface area contributed by atoms with E-state index in [-0.39, 0.29) is 5.41 Å². The van der Waals surface area contributed by atoms with Gasteiger partial charge in [-0.15, -0.1) is 0 Å². The molecule has 2 aliphatic rings. The first-order valence-corrected chi connectivity index (χ1v) is 5.35. The maximum Gasteiger partial charge on any atom is 0.164 e. The average Bonchev–Trinajstić information content (AvgIpc) is 3.00. The molecule has 1 aliphatic heterocycles. The number of aliphatic hydroxyl groups excluding tert-OH is 1. The van der Waals surface area contributed by atoms with Gasteiger partial charge in [0, 0.05) is 5.41 Å². The summed E-state index contributed by atoms with van der Waals surface area (Å²) < 4.78 is 5.28. The summed E-state index contributed by atoms with van der Waals surface area (Å²) in [4.78, 5) is 0. The normalized spacial score (nSPS) is 38.2. The van der Waals surface area contributed by atoms with Gasteiger partial charge in [0.25, 0.3) is 0 Å². The van der Waals surface area contributed by atoms with Crippen LogP contribution in [-0.4, -0.2) is 18.0 Å². The van der Waals surface area contributed by atoms with Gasteiger partial charge >= 0.3 is 0 Å². The van der Waals surface area contributed by atoms with Crippen LogP contribution in [0.15, 0.2) is 42.5 Å². The zero-order chi connectivity index (χ0) is 10.3. The van der Waals surface area contributed by atoms with E-state index in [0.29, 0.717) is 12.5 Å². The van der Waals surface area contributed by atoms with E-state index in [9.17, 15) is 5.11 Å². The summed E-state index contributed by atoms with van der Waals surface area (Å²) in [5, 5.41) is 9.86. The van der Waals surface area contributed by atoms with Crippen molar-refractivity contribution in [3.8, 4) is 0 Å². The molecule has 0 bridgehead atoms. The van der Waals surface area contributed by atoms with Crippen molar-refractivity contribution in [3.63, 3.8) is 0 Å². The van der Waals surface area contributed by atoms with Crippen LogP contribution in [0.4, 0.5) is 0 Å². The Kier molecular flexibility index (Phi) is 1.94. The minimum Gasteiger partial charge on any atom is -0.367 e. The molecule has 1 spiro atoms. The van der Waals surface area contributed by atoms with Crippen molar-refractivity contribution in [1.82, 2.24) is 0 Å². The van der Waals surface area contributed by atoms with E-state index in [1.54, 1.807) is 0 Å². The fourth-order valence-electron chi connectivity index (χ4n) is 2.52. The fourth-order valence-corrected chi connectivity index (χ4v) is 2.52. The van der Waals surface area contributed by atoms with E-state index in [4.69, 9.17) is 4.74 Å². The molecule has 15 heavy (non-hydrogen) atoms. The molecular formula is C13H14O2. The van der Waals surface area contributed by atoms with Gasteiger partial charge in [0.2, 0.25) is 0 Å². The van der Waals surface area contributed by atoms with Crippen LogP contribution in [0.2, 0.25) is 0 Å². The van der Waals surface area contributed by atoms with Crippen molar-refractivity contribution in [2.75, 3.05) is 6.61 Å². The molecule has 1 aromatic rings. The van der Waals surface area contributed by atoms with E-state index >= 15 is 0 Å². The molecule has 1 saturated carbocycles. The summed E-state index contributed by atoms with van der Waals surface area (Å²) in [6.07, 6.45) is 4.50. The molecule has 1 heterocycles. The molecule has 0 radical (unpaired) electrons. The van der Waals surface area contributed by atoms with Crippen LogP contribution < -0.4 is 0 Å². The Morgan fingerprint density at radius 3 is 2.80 bits per heavy atom. The quantitative estimate of drug-likeness (QED) is 0.706. The second-order valence-electron chi connectivity index (χ2n) is 4.37. The first-order chi connectivity index (χ1) is 7.33. The number of aliphatic hydroxyl groups is 1. The summed E-state index contributed by atoms with van der Waals surface area (Å²) in [6, 6.07) is 10.3. The van der Waals surface area contributed by atoms with E-state index < -0.39 is 6.29 Å². The Bertz CT molecular complexity index is 385. The van der Waals surface area contributed by atoms with Crippen LogP contribution in [0.3, 0.4) is 0 Å². The molecule has 1 N–H and O–H groups in total. The van der Waals surface area contributed by atoms with Crippen molar-refractivity contribution in [3.05, 3.63) is 48.0 Å². The third kappa shape index (κ3) is 1.33. The van der Waals surface area contributed by atoms with Crippen LogP contribution in [0, 0.1) is 5.41 Å². The monoisotopic (exact) mass is 202 g/mol. The standard InChI is InChI=1S/C13H14O2/c14-12-13(7-4-8-15-12)9-11(13)10-5-2-1-3-6-10/h1-7,11-12,14H,8-9H2/t11-,12?,13+/m1/s1. The van der Waals surface area contributed by atoms with E-state index in [1.807, 2.05) is 24.3 Å². The first kappa shape index (κ1) is 9.13. The van der Waals surface area contributed by atoms with Crippen LogP contribution in [0.1, 0.15) is 17.9 Å². The van der Waals surface area contributed by atoms with Gasteiger partial charge in [-0.1, -0.05) is 42.5 Å². The van der Waals surface area contributed by atoms with Crippen LogP contribution in [0.5, 0.6) is 0 Å². The van der Waals surface area contributed by atoms with E-state index in [0.717, 1.165) is 6.42 Å². The second-order valence-corrected chi connectivity index (χ2v) is 4.37. The molecule has 78 valence electrons. The summed E-state index contributed by atoms with van der Waals surface area (Å²) in [5.41, 5.74) is 1.16. The third-order valence-electron chi connectivity index (χ3n) is 3.49. The van der Waals surface area contributed by atoms with Gasteiger partial charge in [-0.25, -0.2) is 0 Å².